The van der Waals surface area contributed by atoms with E-state index in [2.05, 4.69) is 5.32 Å². The van der Waals surface area contributed by atoms with Crippen LogP contribution in [0.2, 0.25) is 0 Å². The van der Waals surface area contributed by atoms with E-state index in [0.717, 1.165) is 5.69 Å². The number of phenolic OH excluding ortho intramolecular Hbond substituents is 3. The van der Waals surface area contributed by atoms with Gasteiger partial charge in [0.2, 0.25) is 0 Å². The van der Waals surface area contributed by atoms with Gasteiger partial charge in [0.15, 0.2) is 5.78 Å². The highest BCUT2D eigenvalue weighted by Crippen LogP contribution is 2.36. The normalized spacial score (nSPS) is 15.0. The second-order valence-corrected chi connectivity index (χ2v) is 6.54. The first-order valence-electron chi connectivity index (χ1n) is 7.85. The lowest BCUT2D eigenvalue weighted by Gasteiger charge is -2.29. The van der Waals surface area contributed by atoms with Gasteiger partial charge in [0.25, 0.3) is 0 Å². The van der Waals surface area contributed by atoms with Crippen molar-refractivity contribution in [1.82, 2.24) is 0 Å². The van der Waals surface area contributed by atoms with Crippen LogP contribution in [0.3, 0.4) is 0 Å². The van der Waals surface area contributed by atoms with Gasteiger partial charge in [-0.1, -0.05) is 12.2 Å². The van der Waals surface area contributed by atoms with Crippen LogP contribution in [0.15, 0.2) is 42.5 Å². The van der Waals surface area contributed by atoms with Crippen molar-refractivity contribution in [2.45, 2.75) is 19.4 Å². The number of fused-ring (bicyclic) bond motifs is 1. The van der Waals surface area contributed by atoms with E-state index < -0.39 is 5.78 Å². The van der Waals surface area contributed by atoms with E-state index in [0.29, 0.717) is 11.1 Å². The molecule has 0 saturated carbocycles. The number of aromatic hydroxyl groups is 3. The summed E-state index contributed by atoms with van der Waals surface area (Å²) in [6, 6.07) is 7.36. The molecule has 0 saturated heterocycles. The van der Waals surface area contributed by atoms with Crippen molar-refractivity contribution >= 4 is 23.6 Å². The van der Waals surface area contributed by atoms with Crippen molar-refractivity contribution in [3.05, 3.63) is 59.2 Å². The van der Waals surface area contributed by atoms with Gasteiger partial charge in [0.05, 0.1) is 11.1 Å². The summed E-state index contributed by atoms with van der Waals surface area (Å²) in [5.74, 6) is -0.556. The Morgan fingerprint density at radius 3 is 2.64 bits per heavy atom. The summed E-state index contributed by atoms with van der Waals surface area (Å²) < 4.78 is 0. The molecule has 0 aromatic heterocycles. The van der Waals surface area contributed by atoms with Gasteiger partial charge in [-0.25, -0.2) is 0 Å². The molecule has 5 nitrogen and oxygen atoms in total. The Hall–Kier alpha value is -3.21. The van der Waals surface area contributed by atoms with Crippen LogP contribution in [0.5, 0.6) is 17.2 Å². The molecule has 1 heterocycles. The zero-order valence-corrected chi connectivity index (χ0v) is 13.9. The van der Waals surface area contributed by atoms with E-state index in [-0.39, 0.29) is 28.4 Å². The van der Waals surface area contributed by atoms with Gasteiger partial charge < -0.3 is 20.6 Å². The number of anilines is 1. The molecule has 0 fully saturated rings. The number of rotatable bonds is 3. The summed E-state index contributed by atoms with van der Waals surface area (Å²) in [6.45, 7) is 4.01. The summed E-state index contributed by atoms with van der Waals surface area (Å²) in [4.78, 5) is 12.4. The maximum atomic E-state index is 12.4. The average molecular weight is 337 g/mol. The smallest absolute Gasteiger partial charge is 0.189 e. The maximum Gasteiger partial charge on any atom is 0.189 e. The number of phenols is 3. The number of allylic oxidation sites excluding steroid dienone is 1. The number of hydrogen-bond acceptors (Lipinski definition) is 5. The fraction of sp³-hybridized carbons (Fsp3) is 0.150. The lowest BCUT2D eigenvalue weighted by molar-refractivity contribution is 0.104. The number of carbonyl (C=O) groups excluding carboxylic acids is 1. The second-order valence-electron chi connectivity index (χ2n) is 6.54. The number of carbonyl (C=O) groups is 1. The van der Waals surface area contributed by atoms with E-state index in [1.807, 2.05) is 19.9 Å². The molecule has 1 aliphatic heterocycles. The second kappa shape index (κ2) is 6.02. The van der Waals surface area contributed by atoms with Crippen LogP contribution in [-0.4, -0.2) is 26.6 Å². The Morgan fingerprint density at radius 1 is 1.12 bits per heavy atom. The Kier molecular flexibility index (Phi) is 4.00. The lowest BCUT2D eigenvalue weighted by Crippen LogP contribution is -2.30. The SMILES string of the molecule is CC1(C)C=Cc2c(ccc(C(=O)/C=C/c3cc(O)ccc3O)c2O)N1. The van der Waals surface area contributed by atoms with Crippen molar-refractivity contribution in [3.63, 3.8) is 0 Å². The third-order valence-electron chi connectivity index (χ3n) is 4.03. The minimum Gasteiger partial charge on any atom is -0.508 e. The molecule has 5 heteroatoms. The average Bonchev–Trinajstić information content (AvgIpc) is 2.54. The minimum absolute atomic E-state index is 0.0136. The first-order valence-corrected chi connectivity index (χ1v) is 7.85. The quantitative estimate of drug-likeness (QED) is 0.387. The van der Waals surface area contributed by atoms with E-state index in [1.54, 1.807) is 18.2 Å². The molecule has 3 rings (SSSR count). The maximum absolute atomic E-state index is 12.4. The molecule has 0 spiro atoms. The first kappa shape index (κ1) is 16.6. The van der Waals surface area contributed by atoms with Crippen molar-refractivity contribution in [2.75, 3.05) is 5.32 Å². The largest absolute Gasteiger partial charge is 0.508 e. The van der Waals surface area contributed by atoms with Crippen LogP contribution in [0.25, 0.3) is 12.2 Å². The van der Waals surface area contributed by atoms with Gasteiger partial charge in [-0.3, -0.25) is 4.79 Å². The summed E-state index contributed by atoms with van der Waals surface area (Å²) >= 11 is 0. The highest BCUT2D eigenvalue weighted by molar-refractivity contribution is 6.10. The Bertz CT molecular complexity index is 910. The van der Waals surface area contributed by atoms with E-state index in [4.69, 9.17) is 0 Å². The molecule has 2 aromatic rings. The highest BCUT2D eigenvalue weighted by atomic mass is 16.3. The molecule has 0 bridgehead atoms. The molecule has 1 aliphatic rings. The van der Waals surface area contributed by atoms with Crippen molar-refractivity contribution in [2.24, 2.45) is 0 Å². The van der Waals surface area contributed by atoms with Gasteiger partial charge in [0.1, 0.15) is 17.2 Å². The van der Waals surface area contributed by atoms with Crippen LogP contribution < -0.4 is 5.32 Å². The number of hydrogen-bond donors (Lipinski definition) is 4. The van der Waals surface area contributed by atoms with Crippen LogP contribution in [0.1, 0.15) is 35.3 Å². The van der Waals surface area contributed by atoms with E-state index >= 15 is 0 Å². The monoisotopic (exact) mass is 337 g/mol. The summed E-state index contributed by atoms with van der Waals surface area (Å²) in [5, 5.41) is 32.9. The highest BCUT2D eigenvalue weighted by Gasteiger charge is 2.23. The molecular weight excluding hydrogens is 318 g/mol. The van der Waals surface area contributed by atoms with E-state index in [9.17, 15) is 20.1 Å². The van der Waals surface area contributed by atoms with Crippen LogP contribution in [0, 0.1) is 0 Å². The first-order chi connectivity index (χ1) is 11.8. The molecule has 2 aromatic carbocycles. The molecule has 128 valence electrons. The zero-order chi connectivity index (χ0) is 18.2. The molecule has 0 unspecified atom stereocenters. The molecule has 25 heavy (non-hydrogen) atoms. The molecule has 0 aliphatic carbocycles. The third-order valence-corrected chi connectivity index (χ3v) is 4.03. The number of nitrogens with one attached hydrogen (secondary N) is 1. The lowest BCUT2D eigenvalue weighted by atomic mass is 9.94. The standard InChI is InChI=1S/C20H19NO4/c1-20(2)10-9-14-16(21-20)6-5-15(19(14)25)18(24)7-3-12-11-13(22)4-8-17(12)23/h3-11,21-23,25H,1-2H3/b7-3+. The fourth-order valence-electron chi connectivity index (χ4n) is 2.70. The molecular formula is C20H19NO4. The van der Waals surface area contributed by atoms with Crippen LogP contribution >= 0.6 is 0 Å². The van der Waals surface area contributed by atoms with Crippen molar-refractivity contribution in [1.29, 1.82) is 0 Å². The zero-order valence-electron chi connectivity index (χ0n) is 13.9. The summed E-state index contributed by atoms with van der Waals surface area (Å²) in [6.07, 6.45) is 6.36. The minimum atomic E-state index is -0.402. The Morgan fingerprint density at radius 2 is 1.88 bits per heavy atom. The van der Waals surface area contributed by atoms with Crippen LogP contribution in [-0.2, 0) is 0 Å². The van der Waals surface area contributed by atoms with Gasteiger partial charge in [-0.05, 0) is 56.3 Å². The fourth-order valence-corrected chi connectivity index (χ4v) is 2.70. The van der Waals surface area contributed by atoms with Crippen molar-refractivity contribution < 1.29 is 20.1 Å². The van der Waals surface area contributed by atoms with Gasteiger partial charge in [-0.2, -0.15) is 0 Å². The molecule has 4 N–H and O–H groups in total. The third kappa shape index (κ3) is 3.35. The summed E-state index contributed by atoms with van der Waals surface area (Å²) in [5.41, 5.74) is 1.59. The predicted octanol–water partition coefficient (Wildman–Crippen LogP) is 3.92. The molecule has 0 amide bonds. The Balaban J connectivity index is 1.91. The topological polar surface area (TPSA) is 89.8 Å². The molecule has 0 atom stereocenters. The van der Waals surface area contributed by atoms with Gasteiger partial charge in [0, 0.05) is 16.8 Å². The van der Waals surface area contributed by atoms with E-state index in [1.165, 1.54) is 30.4 Å². The number of ketones is 1. The van der Waals surface area contributed by atoms with Crippen molar-refractivity contribution in [3.8, 4) is 17.2 Å². The predicted molar refractivity (Wildman–Crippen MR) is 98.0 cm³/mol. The Labute approximate surface area is 145 Å². The van der Waals surface area contributed by atoms with Crippen LogP contribution in [0.4, 0.5) is 5.69 Å². The van der Waals surface area contributed by atoms with Gasteiger partial charge >= 0.3 is 0 Å². The molecule has 0 radical (unpaired) electrons. The van der Waals surface area contributed by atoms with Gasteiger partial charge in [-0.15, -0.1) is 0 Å². The summed E-state index contributed by atoms with van der Waals surface area (Å²) in [7, 11) is 0. The number of benzene rings is 2.